The zero-order valence-corrected chi connectivity index (χ0v) is 13.5. The van der Waals surface area contributed by atoms with Crippen LogP contribution in [-0.2, 0) is 12.8 Å². The van der Waals surface area contributed by atoms with E-state index in [-0.39, 0.29) is 13.2 Å². The molecule has 0 radical (unpaired) electrons. The Morgan fingerprint density at radius 3 is 1.42 bits per heavy atom. The number of benzene rings is 4. The quantitative estimate of drug-likeness (QED) is 0.554. The molecule has 0 aliphatic rings. The lowest BCUT2D eigenvalue weighted by Gasteiger charge is -2.16. The first-order valence-corrected chi connectivity index (χ1v) is 8.40. The van der Waals surface area contributed by atoms with Gasteiger partial charge in [-0.3, -0.25) is 0 Å². The second-order valence-corrected chi connectivity index (χ2v) is 6.21. The molecule has 0 aliphatic heterocycles. The zero-order chi connectivity index (χ0) is 16.5. The van der Waals surface area contributed by atoms with Crippen molar-refractivity contribution in [3.05, 3.63) is 71.8 Å². The van der Waals surface area contributed by atoms with Crippen molar-refractivity contribution in [2.75, 3.05) is 13.2 Å². The van der Waals surface area contributed by atoms with Crippen LogP contribution in [0.15, 0.2) is 60.7 Å². The van der Waals surface area contributed by atoms with E-state index in [0.717, 1.165) is 0 Å². The fourth-order valence-electron chi connectivity index (χ4n) is 3.79. The van der Waals surface area contributed by atoms with Gasteiger partial charge in [-0.1, -0.05) is 60.7 Å². The summed E-state index contributed by atoms with van der Waals surface area (Å²) in [7, 11) is 0. The third-order valence-corrected chi connectivity index (χ3v) is 4.77. The number of fused-ring (bicyclic) bond motifs is 5. The highest BCUT2D eigenvalue weighted by Gasteiger charge is 2.13. The number of rotatable bonds is 4. The van der Waals surface area contributed by atoms with E-state index in [2.05, 4.69) is 48.5 Å². The van der Waals surface area contributed by atoms with Gasteiger partial charge in [-0.2, -0.15) is 0 Å². The van der Waals surface area contributed by atoms with E-state index in [1.54, 1.807) is 0 Å². The molecule has 0 aliphatic carbocycles. The summed E-state index contributed by atoms with van der Waals surface area (Å²) in [4.78, 5) is 0. The smallest absolute Gasteiger partial charge is 0.0471 e. The summed E-state index contributed by atoms with van der Waals surface area (Å²) in [6.45, 7) is 0.262. The lowest BCUT2D eigenvalue weighted by atomic mass is 9.88. The number of hydrogen-bond acceptors (Lipinski definition) is 2. The average molecular weight is 316 g/mol. The first kappa shape index (κ1) is 15.1. The minimum atomic E-state index is 0.131. The summed E-state index contributed by atoms with van der Waals surface area (Å²) < 4.78 is 0. The predicted molar refractivity (Wildman–Crippen MR) is 101 cm³/mol. The van der Waals surface area contributed by atoms with Gasteiger partial charge in [0, 0.05) is 13.2 Å². The van der Waals surface area contributed by atoms with Gasteiger partial charge >= 0.3 is 0 Å². The van der Waals surface area contributed by atoms with Gasteiger partial charge in [-0.05, 0) is 56.3 Å². The van der Waals surface area contributed by atoms with E-state index < -0.39 is 0 Å². The molecule has 24 heavy (non-hydrogen) atoms. The molecule has 0 fully saturated rings. The standard InChI is InChI=1S/C22H20O2/c23-11-9-17-13-15-5-1-3-7-19(15)21-18(10-12-24)14-16-6-2-4-8-20(16)22(17)21/h1-8,13-14,23-24H,9-12H2. The molecule has 4 rings (SSSR count). The van der Waals surface area contributed by atoms with Crippen LogP contribution >= 0.6 is 0 Å². The SMILES string of the molecule is OCCc1cc2ccccc2c2c(CCO)cc3ccccc3c12. The van der Waals surface area contributed by atoms with Crippen LogP contribution in [0.3, 0.4) is 0 Å². The van der Waals surface area contributed by atoms with Crippen molar-refractivity contribution in [2.24, 2.45) is 0 Å². The minimum Gasteiger partial charge on any atom is -0.396 e. The van der Waals surface area contributed by atoms with Crippen LogP contribution in [0.5, 0.6) is 0 Å². The van der Waals surface area contributed by atoms with Crippen LogP contribution in [0.1, 0.15) is 11.1 Å². The van der Waals surface area contributed by atoms with E-state index in [1.807, 2.05) is 12.1 Å². The molecule has 0 bridgehead atoms. The Labute approximate surface area is 141 Å². The highest BCUT2D eigenvalue weighted by Crippen LogP contribution is 2.37. The molecule has 0 unspecified atom stereocenters. The Morgan fingerprint density at radius 1 is 0.583 bits per heavy atom. The molecular weight excluding hydrogens is 296 g/mol. The fourth-order valence-corrected chi connectivity index (χ4v) is 3.79. The third-order valence-electron chi connectivity index (χ3n) is 4.77. The highest BCUT2D eigenvalue weighted by molar-refractivity contribution is 6.20. The van der Waals surface area contributed by atoms with Crippen LogP contribution in [0.2, 0.25) is 0 Å². The van der Waals surface area contributed by atoms with Crippen molar-refractivity contribution < 1.29 is 10.2 Å². The van der Waals surface area contributed by atoms with Gasteiger partial charge < -0.3 is 10.2 Å². The maximum Gasteiger partial charge on any atom is 0.0471 e. The molecule has 0 amide bonds. The maximum atomic E-state index is 9.56. The Kier molecular flexibility index (Phi) is 3.93. The number of aliphatic hydroxyl groups excluding tert-OH is 2. The second kappa shape index (κ2) is 6.23. The summed E-state index contributed by atoms with van der Waals surface area (Å²) in [6, 6.07) is 21.1. The zero-order valence-electron chi connectivity index (χ0n) is 13.5. The van der Waals surface area contributed by atoms with Crippen molar-refractivity contribution >= 4 is 32.3 Å². The molecule has 4 aromatic rings. The number of aliphatic hydroxyl groups is 2. The van der Waals surface area contributed by atoms with Crippen LogP contribution in [0, 0.1) is 0 Å². The molecular formula is C22H20O2. The Hall–Kier alpha value is -2.42. The molecule has 0 spiro atoms. The van der Waals surface area contributed by atoms with Crippen molar-refractivity contribution in [2.45, 2.75) is 12.8 Å². The van der Waals surface area contributed by atoms with Crippen LogP contribution in [0.4, 0.5) is 0 Å². The van der Waals surface area contributed by atoms with Crippen molar-refractivity contribution in [1.82, 2.24) is 0 Å². The fraction of sp³-hybridized carbons (Fsp3) is 0.182. The summed E-state index contributed by atoms with van der Waals surface area (Å²) in [6.07, 6.45) is 1.27. The highest BCUT2D eigenvalue weighted by atomic mass is 16.3. The third kappa shape index (κ3) is 2.35. The van der Waals surface area contributed by atoms with E-state index in [0.29, 0.717) is 12.8 Å². The Balaban J connectivity index is 2.28. The topological polar surface area (TPSA) is 40.5 Å². The second-order valence-electron chi connectivity index (χ2n) is 6.21. The van der Waals surface area contributed by atoms with Gasteiger partial charge in [0.2, 0.25) is 0 Å². The summed E-state index contributed by atoms with van der Waals surface area (Å²) in [5.41, 5.74) is 2.34. The number of hydrogen-bond donors (Lipinski definition) is 2. The predicted octanol–water partition coefficient (Wildman–Crippen LogP) is 4.22. The van der Waals surface area contributed by atoms with Crippen LogP contribution in [-0.4, -0.2) is 23.4 Å². The Morgan fingerprint density at radius 2 is 1.00 bits per heavy atom. The monoisotopic (exact) mass is 316 g/mol. The molecule has 120 valence electrons. The Bertz CT molecular complexity index is 949. The van der Waals surface area contributed by atoms with Crippen molar-refractivity contribution in [1.29, 1.82) is 0 Å². The van der Waals surface area contributed by atoms with Gasteiger partial charge in [-0.25, -0.2) is 0 Å². The largest absolute Gasteiger partial charge is 0.396 e. The molecule has 0 heterocycles. The molecule has 2 nitrogen and oxygen atoms in total. The lowest BCUT2D eigenvalue weighted by Crippen LogP contribution is -1.98. The minimum absolute atomic E-state index is 0.131. The molecule has 4 aromatic carbocycles. The molecule has 2 N–H and O–H groups in total. The van der Waals surface area contributed by atoms with Crippen LogP contribution < -0.4 is 0 Å². The molecule has 2 heteroatoms. The molecule has 0 aromatic heterocycles. The summed E-state index contributed by atoms with van der Waals surface area (Å²) in [5.74, 6) is 0. The first-order valence-electron chi connectivity index (χ1n) is 8.40. The first-order chi connectivity index (χ1) is 11.8. The van der Waals surface area contributed by atoms with E-state index in [1.165, 1.54) is 43.4 Å². The van der Waals surface area contributed by atoms with Gasteiger partial charge in [-0.15, -0.1) is 0 Å². The van der Waals surface area contributed by atoms with Gasteiger partial charge in [0.1, 0.15) is 0 Å². The molecule has 0 atom stereocenters. The van der Waals surface area contributed by atoms with Gasteiger partial charge in [0.05, 0.1) is 0 Å². The lowest BCUT2D eigenvalue weighted by molar-refractivity contribution is 0.299. The van der Waals surface area contributed by atoms with Crippen LogP contribution in [0.25, 0.3) is 32.3 Å². The summed E-state index contributed by atoms with van der Waals surface area (Å²) in [5, 5.41) is 26.3. The van der Waals surface area contributed by atoms with Crippen molar-refractivity contribution in [3.63, 3.8) is 0 Å². The van der Waals surface area contributed by atoms with E-state index >= 15 is 0 Å². The van der Waals surface area contributed by atoms with E-state index in [4.69, 9.17) is 0 Å². The van der Waals surface area contributed by atoms with Gasteiger partial charge in [0.15, 0.2) is 0 Å². The van der Waals surface area contributed by atoms with E-state index in [9.17, 15) is 10.2 Å². The van der Waals surface area contributed by atoms with Crippen molar-refractivity contribution in [3.8, 4) is 0 Å². The normalized spacial score (nSPS) is 11.6. The van der Waals surface area contributed by atoms with Gasteiger partial charge in [0.25, 0.3) is 0 Å². The maximum absolute atomic E-state index is 9.56. The average Bonchev–Trinajstić information content (AvgIpc) is 2.62. The molecule has 0 saturated heterocycles. The summed E-state index contributed by atoms with van der Waals surface area (Å²) >= 11 is 0. The molecule has 0 saturated carbocycles.